The minimum atomic E-state index is -0.409. The number of benzene rings is 2. The number of nitrogens with one attached hydrogen (secondary N) is 1. The Morgan fingerprint density at radius 3 is 2.04 bits per heavy atom. The van der Waals surface area contributed by atoms with E-state index in [9.17, 15) is 4.79 Å². The number of carbonyl (C=O) groups is 1. The van der Waals surface area contributed by atoms with Crippen molar-refractivity contribution >= 4 is 6.09 Å². The number of hydrogen-bond donors (Lipinski definition) is 1. The maximum absolute atomic E-state index is 11.5. The Morgan fingerprint density at radius 1 is 1.08 bits per heavy atom. The van der Waals surface area contributed by atoms with Crippen LogP contribution in [-0.4, -0.2) is 30.7 Å². The maximum Gasteiger partial charge on any atom is 0.406 e. The minimum absolute atomic E-state index is 0.136. The first-order valence-corrected chi connectivity index (χ1v) is 8.47. The molecular weight excluding hydrogens is 312 g/mol. The van der Waals surface area contributed by atoms with E-state index in [2.05, 4.69) is 41.1 Å². The molecule has 0 heterocycles. The molecule has 0 saturated carbocycles. The van der Waals surface area contributed by atoms with Crippen molar-refractivity contribution in [3.63, 3.8) is 0 Å². The van der Waals surface area contributed by atoms with E-state index >= 15 is 0 Å². The standard InChI is InChI=1S/C21H26N2O2/c1-3-10-20(15-22-21(24)25-2)23(16-18-11-6-4-7-12-18)17-19-13-8-5-9-14-19/h3-9,11-14,20H,1,10,15-17H2,2H3,(H,22,24)/t20-/m0/s1. The van der Waals surface area contributed by atoms with Crippen LogP contribution in [0.25, 0.3) is 0 Å². The summed E-state index contributed by atoms with van der Waals surface area (Å²) in [6, 6.07) is 20.8. The molecule has 0 aliphatic rings. The van der Waals surface area contributed by atoms with Gasteiger partial charge in [0.15, 0.2) is 0 Å². The second kappa shape index (κ2) is 10.3. The summed E-state index contributed by atoms with van der Waals surface area (Å²) in [6.45, 7) is 5.99. The van der Waals surface area contributed by atoms with E-state index in [1.807, 2.05) is 42.5 Å². The van der Waals surface area contributed by atoms with Gasteiger partial charge < -0.3 is 10.1 Å². The number of carbonyl (C=O) groups excluding carboxylic acids is 1. The van der Waals surface area contributed by atoms with Crippen molar-refractivity contribution < 1.29 is 9.53 Å². The Balaban J connectivity index is 2.16. The summed E-state index contributed by atoms with van der Waals surface area (Å²) >= 11 is 0. The van der Waals surface area contributed by atoms with E-state index in [1.165, 1.54) is 18.2 Å². The first-order valence-electron chi connectivity index (χ1n) is 8.47. The van der Waals surface area contributed by atoms with Gasteiger partial charge in [-0.2, -0.15) is 0 Å². The lowest BCUT2D eigenvalue weighted by molar-refractivity contribution is 0.151. The normalized spacial score (nSPS) is 11.8. The fourth-order valence-electron chi connectivity index (χ4n) is 2.78. The molecule has 2 rings (SSSR count). The Morgan fingerprint density at radius 2 is 1.60 bits per heavy atom. The van der Waals surface area contributed by atoms with Crippen LogP contribution in [0.3, 0.4) is 0 Å². The van der Waals surface area contributed by atoms with Gasteiger partial charge in [0.2, 0.25) is 0 Å². The van der Waals surface area contributed by atoms with Crippen molar-refractivity contribution in [3.8, 4) is 0 Å². The zero-order valence-electron chi connectivity index (χ0n) is 14.7. The third-order valence-corrected chi connectivity index (χ3v) is 4.08. The number of methoxy groups -OCH3 is 1. The number of alkyl carbamates (subject to hydrolysis) is 1. The van der Waals surface area contributed by atoms with Crippen LogP contribution in [0, 0.1) is 0 Å². The molecule has 1 amide bonds. The fraction of sp³-hybridized carbons (Fsp3) is 0.286. The molecule has 0 unspecified atom stereocenters. The van der Waals surface area contributed by atoms with Gasteiger partial charge in [0.05, 0.1) is 7.11 Å². The first-order chi connectivity index (χ1) is 12.2. The van der Waals surface area contributed by atoms with Crippen LogP contribution in [0.15, 0.2) is 73.3 Å². The highest BCUT2D eigenvalue weighted by Gasteiger charge is 2.19. The van der Waals surface area contributed by atoms with E-state index in [-0.39, 0.29) is 6.04 Å². The molecule has 2 aromatic rings. The van der Waals surface area contributed by atoms with Crippen LogP contribution in [0.2, 0.25) is 0 Å². The summed E-state index contributed by atoms with van der Waals surface area (Å²) in [5.74, 6) is 0. The molecule has 0 fully saturated rings. The molecule has 0 radical (unpaired) electrons. The van der Waals surface area contributed by atoms with Gasteiger partial charge in [-0.3, -0.25) is 4.90 Å². The van der Waals surface area contributed by atoms with Gasteiger partial charge in [-0.25, -0.2) is 4.79 Å². The number of rotatable bonds is 9. The van der Waals surface area contributed by atoms with Gasteiger partial charge in [0, 0.05) is 25.7 Å². The largest absolute Gasteiger partial charge is 0.453 e. The van der Waals surface area contributed by atoms with Crippen molar-refractivity contribution in [1.29, 1.82) is 0 Å². The van der Waals surface area contributed by atoms with E-state index in [0.29, 0.717) is 6.54 Å². The SMILES string of the molecule is C=CC[C@@H](CNC(=O)OC)N(Cc1ccccc1)Cc1ccccc1. The number of amides is 1. The topological polar surface area (TPSA) is 41.6 Å². The zero-order chi connectivity index (χ0) is 17.9. The molecule has 132 valence electrons. The van der Waals surface area contributed by atoms with Crippen LogP contribution in [0.4, 0.5) is 4.79 Å². The predicted octanol–water partition coefficient (Wildman–Crippen LogP) is 3.99. The molecule has 0 aliphatic heterocycles. The zero-order valence-corrected chi connectivity index (χ0v) is 14.7. The van der Waals surface area contributed by atoms with Crippen molar-refractivity contribution in [2.45, 2.75) is 25.6 Å². The van der Waals surface area contributed by atoms with Crippen LogP contribution in [0.1, 0.15) is 17.5 Å². The van der Waals surface area contributed by atoms with Crippen molar-refractivity contribution in [2.24, 2.45) is 0 Å². The lowest BCUT2D eigenvalue weighted by Gasteiger charge is -2.31. The van der Waals surface area contributed by atoms with Gasteiger partial charge >= 0.3 is 6.09 Å². The minimum Gasteiger partial charge on any atom is -0.453 e. The maximum atomic E-state index is 11.5. The lowest BCUT2D eigenvalue weighted by atomic mass is 10.1. The Kier molecular flexibility index (Phi) is 7.73. The molecule has 0 aliphatic carbocycles. The fourth-order valence-corrected chi connectivity index (χ4v) is 2.78. The second-order valence-corrected chi connectivity index (χ2v) is 5.93. The molecule has 4 heteroatoms. The highest BCUT2D eigenvalue weighted by atomic mass is 16.5. The van der Waals surface area contributed by atoms with Crippen molar-refractivity contribution in [2.75, 3.05) is 13.7 Å². The van der Waals surface area contributed by atoms with Gasteiger partial charge in [0.1, 0.15) is 0 Å². The Bertz CT molecular complexity index is 602. The summed E-state index contributed by atoms with van der Waals surface area (Å²) in [6.07, 6.45) is 2.27. The average molecular weight is 338 g/mol. The molecule has 2 aromatic carbocycles. The van der Waals surface area contributed by atoms with Crippen molar-refractivity contribution in [1.82, 2.24) is 10.2 Å². The molecule has 0 spiro atoms. The molecule has 1 atom stereocenters. The summed E-state index contributed by atoms with van der Waals surface area (Å²) < 4.78 is 4.70. The average Bonchev–Trinajstić information content (AvgIpc) is 2.66. The van der Waals surface area contributed by atoms with E-state index in [1.54, 1.807) is 0 Å². The summed E-state index contributed by atoms with van der Waals surface area (Å²) in [4.78, 5) is 13.8. The van der Waals surface area contributed by atoms with Crippen LogP contribution in [0.5, 0.6) is 0 Å². The monoisotopic (exact) mass is 338 g/mol. The van der Waals surface area contributed by atoms with Gasteiger partial charge in [0.25, 0.3) is 0 Å². The Labute approximate surface area is 150 Å². The summed E-state index contributed by atoms with van der Waals surface area (Å²) in [5, 5.41) is 2.82. The lowest BCUT2D eigenvalue weighted by Crippen LogP contribution is -2.43. The molecular formula is C21H26N2O2. The van der Waals surface area contributed by atoms with Crippen molar-refractivity contribution in [3.05, 3.63) is 84.4 Å². The van der Waals surface area contributed by atoms with Crippen LogP contribution >= 0.6 is 0 Å². The second-order valence-electron chi connectivity index (χ2n) is 5.93. The molecule has 0 aromatic heterocycles. The number of ether oxygens (including phenoxy) is 1. The highest BCUT2D eigenvalue weighted by Crippen LogP contribution is 2.15. The van der Waals surface area contributed by atoms with Gasteiger partial charge in [-0.1, -0.05) is 66.7 Å². The molecule has 1 N–H and O–H groups in total. The number of hydrogen-bond acceptors (Lipinski definition) is 3. The van der Waals surface area contributed by atoms with Gasteiger partial charge in [-0.15, -0.1) is 6.58 Å². The third kappa shape index (κ3) is 6.43. The third-order valence-electron chi connectivity index (χ3n) is 4.08. The molecule has 4 nitrogen and oxygen atoms in total. The van der Waals surface area contributed by atoms with Crippen LogP contribution < -0.4 is 5.32 Å². The predicted molar refractivity (Wildman–Crippen MR) is 101 cm³/mol. The van der Waals surface area contributed by atoms with Crippen LogP contribution in [-0.2, 0) is 17.8 Å². The molecule has 0 bridgehead atoms. The smallest absolute Gasteiger partial charge is 0.406 e. The quantitative estimate of drug-likeness (QED) is 0.703. The first kappa shape index (κ1) is 18.7. The van der Waals surface area contributed by atoms with E-state index < -0.39 is 6.09 Å². The summed E-state index contributed by atoms with van der Waals surface area (Å²) in [7, 11) is 1.38. The molecule has 25 heavy (non-hydrogen) atoms. The summed E-state index contributed by atoms with van der Waals surface area (Å²) in [5.41, 5.74) is 2.48. The van der Waals surface area contributed by atoms with E-state index in [4.69, 9.17) is 4.74 Å². The van der Waals surface area contributed by atoms with Gasteiger partial charge in [-0.05, 0) is 17.5 Å². The highest BCUT2D eigenvalue weighted by molar-refractivity contribution is 5.66. The van der Waals surface area contributed by atoms with E-state index in [0.717, 1.165) is 19.5 Å². The molecule has 0 saturated heterocycles. The number of nitrogens with zero attached hydrogens (tertiary/aromatic N) is 1. The Hall–Kier alpha value is -2.59.